The zero-order valence-electron chi connectivity index (χ0n) is 12.8. The second-order valence-corrected chi connectivity index (χ2v) is 5.85. The molecule has 0 saturated heterocycles. The summed E-state index contributed by atoms with van der Waals surface area (Å²) in [4.78, 5) is 11.8. The van der Waals surface area contributed by atoms with Crippen LogP contribution in [0.2, 0.25) is 0 Å². The van der Waals surface area contributed by atoms with Crippen molar-refractivity contribution in [1.82, 2.24) is 0 Å². The van der Waals surface area contributed by atoms with E-state index in [0.29, 0.717) is 11.4 Å². The SMILES string of the molecule is CC(Nc1cccc(NC(=O)C2CC2)c1)c1c(F)cccc1F. The fraction of sp³-hybridized carbons (Fsp3) is 0.278. The smallest absolute Gasteiger partial charge is 0.227 e. The molecule has 23 heavy (non-hydrogen) atoms. The summed E-state index contributed by atoms with van der Waals surface area (Å²) in [6.07, 6.45) is 1.88. The summed E-state index contributed by atoms with van der Waals surface area (Å²) in [7, 11) is 0. The minimum Gasteiger partial charge on any atom is -0.378 e. The van der Waals surface area contributed by atoms with Gasteiger partial charge in [-0.1, -0.05) is 12.1 Å². The molecule has 0 heterocycles. The zero-order valence-corrected chi connectivity index (χ0v) is 12.8. The normalized spacial score (nSPS) is 15.1. The highest BCUT2D eigenvalue weighted by Gasteiger charge is 2.29. The van der Waals surface area contributed by atoms with E-state index in [2.05, 4.69) is 10.6 Å². The summed E-state index contributed by atoms with van der Waals surface area (Å²) in [5.74, 6) is -1.01. The second kappa shape index (κ2) is 6.36. The van der Waals surface area contributed by atoms with Gasteiger partial charge < -0.3 is 10.6 Å². The van der Waals surface area contributed by atoms with Crippen molar-refractivity contribution in [2.24, 2.45) is 5.92 Å². The lowest BCUT2D eigenvalue weighted by atomic mass is 10.1. The fourth-order valence-corrected chi connectivity index (χ4v) is 2.52. The summed E-state index contributed by atoms with van der Waals surface area (Å²) >= 11 is 0. The summed E-state index contributed by atoms with van der Waals surface area (Å²) in [5, 5.41) is 5.92. The molecule has 2 N–H and O–H groups in total. The van der Waals surface area contributed by atoms with Crippen LogP contribution in [0.1, 0.15) is 31.4 Å². The number of carbonyl (C=O) groups is 1. The van der Waals surface area contributed by atoms with E-state index in [1.54, 1.807) is 31.2 Å². The number of carbonyl (C=O) groups excluding carboxylic acids is 1. The van der Waals surface area contributed by atoms with E-state index in [9.17, 15) is 13.6 Å². The average Bonchev–Trinajstić information content (AvgIpc) is 3.32. The lowest BCUT2D eigenvalue weighted by Gasteiger charge is -2.17. The van der Waals surface area contributed by atoms with Crippen LogP contribution in [0, 0.1) is 17.6 Å². The third-order valence-corrected chi connectivity index (χ3v) is 3.89. The standard InChI is InChI=1S/C18H18F2N2O/c1-11(17-15(19)6-3-7-16(17)20)21-13-4-2-5-14(10-13)22-18(23)12-8-9-12/h2-7,10-12,21H,8-9H2,1H3,(H,22,23). The van der Waals surface area contributed by atoms with E-state index in [1.807, 2.05) is 0 Å². The molecule has 5 heteroatoms. The largest absolute Gasteiger partial charge is 0.378 e. The van der Waals surface area contributed by atoms with Crippen LogP contribution in [0.25, 0.3) is 0 Å². The predicted octanol–water partition coefficient (Wildman–Crippen LogP) is 4.49. The molecule has 1 unspecified atom stereocenters. The highest BCUT2D eigenvalue weighted by Crippen LogP contribution is 2.31. The van der Waals surface area contributed by atoms with Crippen LogP contribution < -0.4 is 10.6 Å². The van der Waals surface area contributed by atoms with Gasteiger partial charge in [-0.25, -0.2) is 8.78 Å². The number of benzene rings is 2. The predicted molar refractivity (Wildman–Crippen MR) is 86.2 cm³/mol. The summed E-state index contributed by atoms with van der Waals surface area (Å²) in [6.45, 7) is 1.69. The lowest BCUT2D eigenvalue weighted by Crippen LogP contribution is -2.14. The molecular formula is C18H18F2N2O. The molecule has 0 radical (unpaired) electrons. The molecule has 3 nitrogen and oxygen atoms in total. The number of anilines is 2. The zero-order chi connectivity index (χ0) is 16.4. The Morgan fingerprint density at radius 3 is 2.35 bits per heavy atom. The number of hydrogen-bond donors (Lipinski definition) is 2. The maximum Gasteiger partial charge on any atom is 0.227 e. The number of rotatable bonds is 5. The highest BCUT2D eigenvalue weighted by molar-refractivity contribution is 5.94. The molecule has 1 atom stereocenters. The molecular weight excluding hydrogens is 298 g/mol. The molecule has 0 spiro atoms. The van der Waals surface area contributed by atoms with Crippen LogP contribution in [-0.2, 0) is 4.79 Å². The first-order valence-electron chi connectivity index (χ1n) is 7.66. The van der Waals surface area contributed by atoms with Gasteiger partial charge in [-0.2, -0.15) is 0 Å². The minimum absolute atomic E-state index is 0.0000750. The molecule has 2 aromatic rings. The number of amides is 1. The lowest BCUT2D eigenvalue weighted by molar-refractivity contribution is -0.117. The Kier molecular flexibility index (Phi) is 4.28. The van der Waals surface area contributed by atoms with Crippen LogP contribution in [0.15, 0.2) is 42.5 Å². The summed E-state index contributed by atoms with van der Waals surface area (Å²) < 4.78 is 27.6. The number of nitrogens with one attached hydrogen (secondary N) is 2. The van der Waals surface area contributed by atoms with Gasteiger partial charge in [0.15, 0.2) is 0 Å². The topological polar surface area (TPSA) is 41.1 Å². The van der Waals surface area contributed by atoms with Crippen molar-refractivity contribution in [2.45, 2.75) is 25.8 Å². The van der Waals surface area contributed by atoms with Crippen LogP contribution in [-0.4, -0.2) is 5.91 Å². The molecule has 0 aliphatic heterocycles. The van der Waals surface area contributed by atoms with E-state index in [-0.39, 0.29) is 17.4 Å². The van der Waals surface area contributed by atoms with Crippen LogP contribution in [0.3, 0.4) is 0 Å². The Balaban J connectivity index is 1.73. The van der Waals surface area contributed by atoms with E-state index < -0.39 is 17.7 Å². The molecule has 1 saturated carbocycles. The van der Waals surface area contributed by atoms with Gasteiger partial charge in [0.05, 0.1) is 6.04 Å². The molecule has 1 aliphatic carbocycles. The van der Waals surface area contributed by atoms with Gasteiger partial charge in [-0.3, -0.25) is 4.79 Å². The van der Waals surface area contributed by atoms with Crippen LogP contribution in [0.5, 0.6) is 0 Å². The van der Waals surface area contributed by atoms with Crippen molar-refractivity contribution in [3.63, 3.8) is 0 Å². The van der Waals surface area contributed by atoms with Gasteiger partial charge in [0.1, 0.15) is 11.6 Å². The molecule has 1 fully saturated rings. The van der Waals surface area contributed by atoms with Gasteiger partial charge >= 0.3 is 0 Å². The first-order chi connectivity index (χ1) is 11.0. The van der Waals surface area contributed by atoms with Gasteiger partial charge in [0.25, 0.3) is 0 Å². The Hall–Kier alpha value is -2.43. The second-order valence-electron chi connectivity index (χ2n) is 5.85. The summed E-state index contributed by atoms with van der Waals surface area (Å²) in [5.41, 5.74) is 1.36. The first-order valence-corrected chi connectivity index (χ1v) is 7.66. The van der Waals surface area contributed by atoms with E-state index in [0.717, 1.165) is 12.8 Å². The fourth-order valence-electron chi connectivity index (χ4n) is 2.52. The van der Waals surface area contributed by atoms with Gasteiger partial charge in [-0.15, -0.1) is 0 Å². The Labute approximate surface area is 133 Å². The maximum absolute atomic E-state index is 13.8. The monoisotopic (exact) mass is 316 g/mol. The molecule has 0 bridgehead atoms. The number of halogens is 2. The van der Waals surface area contributed by atoms with Crippen LogP contribution >= 0.6 is 0 Å². The third kappa shape index (κ3) is 3.67. The number of hydrogen-bond acceptors (Lipinski definition) is 2. The van der Waals surface area contributed by atoms with Gasteiger partial charge in [0, 0.05) is 22.9 Å². The Morgan fingerprint density at radius 2 is 1.70 bits per heavy atom. The molecule has 3 rings (SSSR count). The molecule has 2 aromatic carbocycles. The van der Waals surface area contributed by atoms with Crippen molar-refractivity contribution in [3.8, 4) is 0 Å². The third-order valence-electron chi connectivity index (χ3n) is 3.89. The average molecular weight is 316 g/mol. The Morgan fingerprint density at radius 1 is 1.09 bits per heavy atom. The Bertz CT molecular complexity index is 708. The highest BCUT2D eigenvalue weighted by atomic mass is 19.1. The van der Waals surface area contributed by atoms with Crippen molar-refractivity contribution < 1.29 is 13.6 Å². The summed E-state index contributed by atoms with van der Waals surface area (Å²) in [6, 6.07) is 10.4. The van der Waals surface area contributed by atoms with E-state index in [1.165, 1.54) is 18.2 Å². The quantitative estimate of drug-likeness (QED) is 0.853. The first kappa shape index (κ1) is 15.5. The molecule has 1 aliphatic rings. The van der Waals surface area contributed by atoms with Crippen molar-refractivity contribution in [2.75, 3.05) is 10.6 Å². The minimum atomic E-state index is -0.580. The maximum atomic E-state index is 13.8. The van der Waals surface area contributed by atoms with E-state index >= 15 is 0 Å². The van der Waals surface area contributed by atoms with Crippen molar-refractivity contribution in [1.29, 1.82) is 0 Å². The molecule has 1 amide bonds. The molecule has 0 aromatic heterocycles. The van der Waals surface area contributed by atoms with Gasteiger partial charge in [0.2, 0.25) is 5.91 Å². The van der Waals surface area contributed by atoms with Gasteiger partial charge in [-0.05, 0) is 50.1 Å². The van der Waals surface area contributed by atoms with Crippen molar-refractivity contribution >= 4 is 17.3 Å². The van der Waals surface area contributed by atoms with Crippen LogP contribution in [0.4, 0.5) is 20.2 Å². The van der Waals surface area contributed by atoms with E-state index in [4.69, 9.17) is 0 Å². The van der Waals surface area contributed by atoms with Crippen molar-refractivity contribution in [3.05, 3.63) is 59.7 Å². The molecule has 120 valence electrons.